The summed E-state index contributed by atoms with van der Waals surface area (Å²) < 4.78 is 27.2. The van der Waals surface area contributed by atoms with Crippen LogP contribution in [0.4, 0.5) is 8.78 Å². The Hall–Kier alpha value is -1.68. The van der Waals surface area contributed by atoms with Crippen LogP contribution in [0.1, 0.15) is 34.2 Å². The molecule has 4 heteroatoms. The van der Waals surface area contributed by atoms with Gasteiger partial charge in [0, 0.05) is 5.69 Å². The summed E-state index contributed by atoms with van der Waals surface area (Å²) in [7, 11) is 0. The van der Waals surface area contributed by atoms with Crippen LogP contribution in [0, 0.1) is 32.4 Å². The van der Waals surface area contributed by atoms with Crippen molar-refractivity contribution >= 4 is 0 Å². The Morgan fingerprint density at radius 1 is 1.06 bits per heavy atom. The van der Waals surface area contributed by atoms with E-state index in [1.165, 1.54) is 6.07 Å². The van der Waals surface area contributed by atoms with E-state index in [-0.39, 0.29) is 5.56 Å². The number of hydrogen-bond acceptors (Lipinski definition) is 1. The third-order valence-electron chi connectivity index (χ3n) is 3.40. The number of nitrogens with one attached hydrogen (secondary N) is 1. The topological polar surface area (TPSA) is 36.0 Å². The Morgan fingerprint density at radius 2 is 1.61 bits per heavy atom. The highest BCUT2D eigenvalue weighted by atomic mass is 19.1. The minimum absolute atomic E-state index is 0.318. The molecule has 0 radical (unpaired) electrons. The minimum Gasteiger partial charge on any atom is -0.382 e. The van der Waals surface area contributed by atoms with Crippen LogP contribution >= 0.6 is 0 Å². The molecular weight excluding hydrogens is 236 g/mol. The molecule has 0 bridgehead atoms. The van der Waals surface area contributed by atoms with Gasteiger partial charge in [-0.05, 0) is 44.0 Å². The van der Waals surface area contributed by atoms with E-state index < -0.39 is 17.7 Å². The van der Waals surface area contributed by atoms with Crippen molar-refractivity contribution in [3.8, 4) is 0 Å². The molecule has 96 valence electrons. The fourth-order valence-electron chi connectivity index (χ4n) is 2.06. The van der Waals surface area contributed by atoms with Gasteiger partial charge in [0.1, 0.15) is 17.7 Å². The first kappa shape index (κ1) is 12.8. The summed E-state index contributed by atoms with van der Waals surface area (Å²) in [5.74, 6) is -1.49. The summed E-state index contributed by atoms with van der Waals surface area (Å²) >= 11 is 0. The van der Waals surface area contributed by atoms with Crippen molar-refractivity contribution in [1.29, 1.82) is 0 Å². The van der Waals surface area contributed by atoms with Gasteiger partial charge in [-0.2, -0.15) is 0 Å². The number of rotatable bonds is 2. The normalized spacial score (nSPS) is 12.8. The number of hydrogen-bond donors (Lipinski definition) is 2. The maximum atomic E-state index is 13.6. The summed E-state index contributed by atoms with van der Waals surface area (Å²) in [5, 5.41) is 10.2. The molecule has 0 saturated carbocycles. The molecule has 1 atom stereocenters. The Balaban J connectivity index is 2.55. The first-order chi connectivity index (χ1) is 8.43. The van der Waals surface area contributed by atoms with Crippen LogP contribution in [0.5, 0.6) is 0 Å². The van der Waals surface area contributed by atoms with Crippen molar-refractivity contribution in [2.24, 2.45) is 0 Å². The van der Waals surface area contributed by atoms with E-state index in [0.29, 0.717) is 5.69 Å². The number of aromatic amines is 1. The van der Waals surface area contributed by atoms with Crippen molar-refractivity contribution in [2.75, 3.05) is 0 Å². The second-order valence-electron chi connectivity index (χ2n) is 4.45. The van der Waals surface area contributed by atoms with Gasteiger partial charge in [0.15, 0.2) is 0 Å². The maximum absolute atomic E-state index is 13.6. The molecular formula is C14H15F2NO. The van der Waals surface area contributed by atoms with Crippen molar-refractivity contribution in [2.45, 2.75) is 26.9 Å². The van der Waals surface area contributed by atoms with Gasteiger partial charge in [-0.3, -0.25) is 0 Å². The molecule has 0 aliphatic rings. The van der Waals surface area contributed by atoms with Gasteiger partial charge in [0.05, 0.1) is 11.3 Å². The fraction of sp³-hybridized carbons (Fsp3) is 0.286. The van der Waals surface area contributed by atoms with Crippen LogP contribution < -0.4 is 0 Å². The van der Waals surface area contributed by atoms with E-state index in [4.69, 9.17) is 0 Å². The van der Waals surface area contributed by atoms with Crippen molar-refractivity contribution in [3.63, 3.8) is 0 Å². The van der Waals surface area contributed by atoms with Crippen LogP contribution in [-0.4, -0.2) is 10.1 Å². The van der Waals surface area contributed by atoms with Crippen LogP contribution in [0.3, 0.4) is 0 Å². The standard InChI is InChI=1S/C14H15F2NO/c1-7-8(2)13(17-9(7)3)14(18)12-10(15)5-4-6-11(12)16/h4-6,14,17-18H,1-3H3. The monoisotopic (exact) mass is 251 g/mol. The van der Waals surface area contributed by atoms with Gasteiger partial charge in [-0.1, -0.05) is 6.07 Å². The van der Waals surface area contributed by atoms with Gasteiger partial charge in [0.2, 0.25) is 0 Å². The molecule has 0 spiro atoms. The zero-order valence-electron chi connectivity index (χ0n) is 10.5. The number of aliphatic hydroxyl groups is 1. The first-order valence-corrected chi connectivity index (χ1v) is 5.71. The number of aliphatic hydroxyl groups excluding tert-OH is 1. The lowest BCUT2D eigenvalue weighted by Gasteiger charge is -2.13. The van der Waals surface area contributed by atoms with E-state index in [1.807, 2.05) is 20.8 Å². The number of benzene rings is 1. The Morgan fingerprint density at radius 3 is 2.06 bits per heavy atom. The molecule has 0 aliphatic heterocycles. The smallest absolute Gasteiger partial charge is 0.132 e. The molecule has 0 fully saturated rings. The molecule has 0 amide bonds. The molecule has 2 nitrogen and oxygen atoms in total. The van der Waals surface area contributed by atoms with Crippen molar-refractivity contribution < 1.29 is 13.9 Å². The highest BCUT2D eigenvalue weighted by Crippen LogP contribution is 2.30. The Bertz CT molecular complexity index is 569. The molecule has 18 heavy (non-hydrogen) atoms. The lowest BCUT2D eigenvalue weighted by molar-refractivity contribution is 0.204. The highest BCUT2D eigenvalue weighted by molar-refractivity contribution is 5.39. The molecule has 1 aromatic carbocycles. The first-order valence-electron chi connectivity index (χ1n) is 5.71. The second-order valence-corrected chi connectivity index (χ2v) is 4.45. The molecule has 0 saturated heterocycles. The van der Waals surface area contributed by atoms with Crippen molar-refractivity contribution in [3.05, 3.63) is 57.9 Å². The summed E-state index contributed by atoms with van der Waals surface area (Å²) in [4.78, 5) is 2.98. The van der Waals surface area contributed by atoms with Crippen LogP contribution in [0.2, 0.25) is 0 Å². The lowest BCUT2D eigenvalue weighted by Crippen LogP contribution is -2.07. The molecule has 2 N–H and O–H groups in total. The zero-order chi connectivity index (χ0) is 13.4. The van der Waals surface area contributed by atoms with E-state index in [9.17, 15) is 13.9 Å². The summed E-state index contributed by atoms with van der Waals surface area (Å²) in [6.45, 7) is 5.57. The maximum Gasteiger partial charge on any atom is 0.132 e. The fourth-order valence-corrected chi connectivity index (χ4v) is 2.06. The zero-order valence-corrected chi connectivity index (χ0v) is 10.5. The third-order valence-corrected chi connectivity index (χ3v) is 3.40. The van der Waals surface area contributed by atoms with Gasteiger partial charge in [-0.25, -0.2) is 8.78 Å². The number of aryl methyl sites for hydroxylation is 1. The highest BCUT2D eigenvalue weighted by Gasteiger charge is 2.23. The Kier molecular flexibility index (Phi) is 3.22. The number of H-pyrrole nitrogens is 1. The molecule has 2 rings (SSSR count). The predicted octanol–water partition coefficient (Wildman–Crippen LogP) is 3.30. The van der Waals surface area contributed by atoms with Gasteiger partial charge < -0.3 is 10.1 Å². The number of aromatic nitrogens is 1. The molecule has 1 heterocycles. The van der Waals surface area contributed by atoms with E-state index >= 15 is 0 Å². The second kappa shape index (κ2) is 4.53. The average Bonchev–Trinajstić information content (AvgIpc) is 2.56. The van der Waals surface area contributed by atoms with E-state index in [0.717, 1.165) is 29.0 Å². The third kappa shape index (κ3) is 1.93. The number of halogens is 2. The summed E-state index contributed by atoms with van der Waals surface area (Å²) in [6, 6.07) is 3.55. The lowest BCUT2D eigenvalue weighted by atomic mass is 10.0. The average molecular weight is 251 g/mol. The van der Waals surface area contributed by atoms with Gasteiger partial charge in [-0.15, -0.1) is 0 Å². The van der Waals surface area contributed by atoms with Crippen LogP contribution in [0.25, 0.3) is 0 Å². The molecule has 2 aromatic rings. The van der Waals surface area contributed by atoms with Gasteiger partial charge in [0.25, 0.3) is 0 Å². The SMILES string of the molecule is Cc1[nH]c(C(O)c2c(F)cccc2F)c(C)c1C. The van der Waals surface area contributed by atoms with E-state index in [1.54, 1.807) is 0 Å². The molecule has 1 aromatic heterocycles. The molecule has 1 unspecified atom stereocenters. The summed E-state index contributed by atoms with van der Waals surface area (Å²) in [5.41, 5.74) is 2.82. The van der Waals surface area contributed by atoms with Gasteiger partial charge >= 0.3 is 0 Å². The Labute approximate surface area is 104 Å². The molecule has 0 aliphatic carbocycles. The largest absolute Gasteiger partial charge is 0.382 e. The predicted molar refractivity (Wildman–Crippen MR) is 65.4 cm³/mol. The van der Waals surface area contributed by atoms with E-state index in [2.05, 4.69) is 4.98 Å². The summed E-state index contributed by atoms with van der Waals surface area (Å²) in [6.07, 6.45) is -1.32. The quantitative estimate of drug-likeness (QED) is 0.844. The van der Waals surface area contributed by atoms with Crippen LogP contribution in [-0.2, 0) is 0 Å². The minimum atomic E-state index is -1.32. The van der Waals surface area contributed by atoms with Crippen molar-refractivity contribution in [1.82, 2.24) is 4.98 Å². The van der Waals surface area contributed by atoms with Crippen LogP contribution in [0.15, 0.2) is 18.2 Å².